The van der Waals surface area contributed by atoms with Crippen molar-refractivity contribution in [2.75, 3.05) is 0 Å². The summed E-state index contributed by atoms with van der Waals surface area (Å²) in [6, 6.07) is 4.30. The van der Waals surface area contributed by atoms with Crippen LogP contribution < -0.4 is 0 Å². The quantitative estimate of drug-likeness (QED) is 0.571. The fourth-order valence-electron chi connectivity index (χ4n) is 3.81. The molecular formula is C19H21N7. The van der Waals surface area contributed by atoms with Crippen LogP contribution in [0.2, 0.25) is 0 Å². The van der Waals surface area contributed by atoms with E-state index in [0.29, 0.717) is 11.8 Å². The highest BCUT2D eigenvalue weighted by molar-refractivity contribution is 5.62. The molecule has 0 N–H and O–H groups in total. The van der Waals surface area contributed by atoms with Crippen LogP contribution in [0.1, 0.15) is 40.9 Å². The first kappa shape index (κ1) is 15.3. The maximum Gasteiger partial charge on any atom is 0.127 e. The van der Waals surface area contributed by atoms with E-state index in [1.807, 2.05) is 47.3 Å². The van der Waals surface area contributed by atoms with Gasteiger partial charge in [-0.25, -0.2) is 9.50 Å². The lowest BCUT2D eigenvalue weighted by Gasteiger charge is -2.05. The zero-order valence-electron chi connectivity index (χ0n) is 15.4. The van der Waals surface area contributed by atoms with Crippen LogP contribution in [0.3, 0.4) is 0 Å². The molecule has 132 valence electrons. The molecule has 4 aromatic rings. The predicted octanol–water partition coefficient (Wildman–Crippen LogP) is 2.75. The Morgan fingerprint density at radius 3 is 2.65 bits per heavy atom. The highest BCUT2D eigenvalue weighted by atomic mass is 15.3. The largest absolute Gasteiger partial charge is 0.276 e. The van der Waals surface area contributed by atoms with Gasteiger partial charge < -0.3 is 0 Å². The minimum atomic E-state index is 0.471. The second kappa shape index (κ2) is 5.27. The second-order valence-electron chi connectivity index (χ2n) is 7.29. The Morgan fingerprint density at radius 2 is 1.88 bits per heavy atom. The van der Waals surface area contributed by atoms with Crippen molar-refractivity contribution < 1.29 is 0 Å². The summed E-state index contributed by atoms with van der Waals surface area (Å²) in [4.78, 5) is 4.37. The third-order valence-corrected chi connectivity index (χ3v) is 5.36. The number of fused-ring (bicyclic) bond motifs is 1. The topological polar surface area (TPSA) is 65.8 Å². The maximum absolute atomic E-state index is 4.78. The van der Waals surface area contributed by atoms with Gasteiger partial charge in [0.1, 0.15) is 11.5 Å². The van der Waals surface area contributed by atoms with E-state index in [1.165, 1.54) is 5.56 Å². The molecule has 0 amide bonds. The van der Waals surface area contributed by atoms with Gasteiger partial charge in [0.2, 0.25) is 0 Å². The number of aryl methyl sites for hydroxylation is 4. The normalized spacial score (nSPS) is 19.4. The molecule has 4 heterocycles. The lowest BCUT2D eigenvalue weighted by atomic mass is 10.1. The van der Waals surface area contributed by atoms with E-state index in [0.717, 1.165) is 40.4 Å². The lowest BCUT2D eigenvalue weighted by molar-refractivity contribution is 0.741. The summed E-state index contributed by atoms with van der Waals surface area (Å²) in [6.07, 6.45) is 7.08. The molecule has 2 atom stereocenters. The number of nitrogens with zero attached hydrogens (tertiary/aromatic N) is 7. The van der Waals surface area contributed by atoms with Crippen LogP contribution in [-0.4, -0.2) is 34.2 Å². The van der Waals surface area contributed by atoms with Gasteiger partial charge in [-0.2, -0.15) is 15.3 Å². The Labute approximate surface area is 151 Å². The number of hydrogen-bond donors (Lipinski definition) is 0. The van der Waals surface area contributed by atoms with Crippen LogP contribution in [0.4, 0.5) is 0 Å². The zero-order chi connectivity index (χ0) is 18.0. The van der Waals surface area contributed by atoms with Crippen LogP contribution >= 0.6 is 0 Å². The molecule has 1 aliphatic rings. The van der Waals surface area contributed by atoms with E-state index in [9.17, 15) is 0 Å². The SMILES string of the molecule is Cc1cc(-c2cc(C3CC3c3cnn(C)c3)nn2C)nn2c(C)ncc12. The summed E-state index contributed by atoms with van der Waals surface area (Å²) in [5.74, 6) is 1.89. The van der Waals surface area contributed by atoms with Crippen molar-refractivity contribution in [3.63, 3.8) is 0 Å². The summed E-state index contributed by atoms with van der Waals surface area (Å²) in [6.45, 7) is 4.07. The molecule has 4 aromatic heterocycles. The Morgan fingerprint density at radius 1 is 1.04 bits per heavy atom. The van der Waals surface area contributed by atoms with Crippen molar-refractivity contribution in [3.8, 4) is 11.4 Å². The summed E-state index contributed by atoms with van der Waals surface area (Å²) in [7, 11) is 3.95. The molecule has 0 aromatic carbocycles. The van der Waals surface area contributed by atoms with E-state index in [-0.39, 0.29) is 0 Å². The molecule has 1 fully saturated rings. The molecule has 1 aliphatic carbocycles. The molecule has 5 rings (SSSR count). The molecule has 7 nitrogen and oxygen atoms in total. The van der Waals surface area contributed by atoms with Crippen molar-refractivity contribution in [1.29, 1.82) is 0 Å². The Hall–Kier alpha value is -2.96. The molecule has 0 bridgehead atoms. The van der Waals surface area contributed by atoms with Gasteiger partial charge >= 0.3 is 0 Å². The van der Waals surface area contributed by atoms with Gasteiger partial charge in [-0.1, -0.05) is 0 Å². The molecule has 0 aliphatic heterocycles. The standard InChI is InChI=1S/C19H21N7/c1-11-5-17(23-26-12(2)20-9-19(11)26)18-7-16(22-25(18)4)15-6-14(15)13-8-21-24(3)10-13/h5,7-10,14-15H,6H2,1-4H3. The van der Waals surface area contributed by atoms with Gasteiger partial charge in [0, 0.05) is 26.2 Å². The molecule has 0 spiro atoms. The van der Waals surface area contributed by atoms with E-state index in [2.05, 4.69) is 35.3 Å². The zero-order valence-corrected chi connectivity index (χ0v) is 15.4. The van der Waals surface area contributed by atoms with Crippen molar-refractivity contribution >= 4 is 5.52 Å². The van der Waals surface area contributed by atoms with Crippen molar-refractivity contribution in [3.05, 3.63) is 53.4 Å². The van der Waals surface area contributed by atoms with Gasteiger partial charge in [-0.3, -0.25) is 9.36 Å². The summed E-state index contributed by atoms with van der Waals surface area (Å²) >= 11 is 0. The van der Waals surface area contributed by atoms with Crippen LogP contribution in [0.25, 0.3) is 16.9 Å². The van der Waals surface area contributed by atoms with Gasteiger partial charge in [0.05, 0.1) is 29.3 Å². The van der Waals surface area contributed by atoms with Crippen molar-refractivity contribution in [1.82, 2.24) is 34.2 Å². The third kappa shape index (κ3) is 2.27. The number of rotatable bonds is 3. The van der Waals surface area contributed by atoms with Gasteiger partial charge in [-0.05, 0) is 49.4 Å². The average Bonchev–Trinajstić information content (AvgIpc) is 2.91. The first-order valence-corrected chi connectivity index (χ1v) is 8.86. The molecule has 26 heavy (non-hydrogen) atoms. The number of aromatic nitrogens is 7. The van der Waals surface area contributed by atoms with Crippen LogP contribution in [-0.2, 0) is 14.1 Å². The minimum Gasteiger partial charge on any atom is -0.276 e. The van der Waals surface area contributed by atoms with Gasteiger partial charge in [0.25, 0.3) is 0 Å². The van der Waals surface area contributed by atoms with E-state index in [1.54, 1.807) is 0 Å². The first-order valence-electron chi connectivity index (χ1n) is 8.86. The molecule has 1 saturated carbocycles. The fraction of sp³-hybridized carbons (Fsp3) is 0.368. The third-order valence-electron chi connectivity index (χ3n) is 5.36. The predicted molar refractivity (Wildman–Crippen MR) is 98.0 cm³/mol. The summed E-state index contributed by atoms with van der Waals surface area (Å²) < 4.78 is 5.71. The Balaban J connectivity index is 1.51. The van der Waals surface area contributed by atoms with Crippen LogP contribution in [0.15, 0.2) is 30.7 Å². The van der Waals surface area contributed by atoms with E-state index < -0.39 is 0 Å². The summed E-state index contributed by atoms with van der Waals surface area (Å²) in [5, 5.41) is 13.8. The van der Waals surface area contributed by atoms with Crippen molar-refractivity contribution in [2.24, 2.45) is 14.1 Å². The molecule has 2 unspecified atom stereocenters. The lowest BCUT2D eigenvalue weighted by Crippen LogP contribution is -2.02. The molecule has 0 radical (unpaired) electrons. The molecule has 0 saturated heterocycles. The van der Waals surface area contributed by atoms with Gasteiger partial charge in [0.15, 0.2) is 0 Å². The van der Waals surface area contributed by atoms with Crippen LogP contribution in [0.5, 0.6) is 0 Å². The number of hydrogen-bond acceptors (Lipinski definition) is 4. The minimum absolute atomic E-state index is 0.471. The highest BCUT2D eigenvalue weighted by Crippen LogP contribution is 2.54. The first-order chi connectivity index (χ1) is 12.5. The Bertz CT molecular complexity index is 1130. The highest BCUT2D eigenvalue weighted by Gasteiger charge is 2.42. The number of imidazole rings is 1. The smallest absolute Gasteiger partial charge is 0.127 e. The maximum atomic E-state index is 4.78. The molecular weight excluding hydrogens is 326 g/mol. The fourth-order valence-corrected chi connectivity index (χ4v) is 3.81. The monoisotopic (exact) mass is 347 g/mol. The molecule has 7 heteroatoms. The van der Waals surface area contributed by atoms with Gasteiger partial charge in [-0.15, -0.1) is 0 Å². The second-order valence-corrected chi connectivity index (χ2v) is 7.29. The summed E-state index contributed by atoms with van der Waals surface area (Å²) in [5.41, 5.74) is 6.61. The van der Waals surface area contributed by atoms with E-state index >= 15 is 0 Å². The van der Waals surface area contributed by atoms with E-state index in [4.69, 9.17) is 10.2 Å². The Kier molecular flexibility index (Phi) is 3.10. The average molecular weight is 347 g/mol. The van der Waals surface area contributed by atoms with Crippen LogP contribution in [0, 0.1) is 13.8 Å². The van der Waals surface area contributed by atoms with Crippen molar-refractivity contribution in [2.45, 2.75) is 32.1 Å².